The first-order chi connectivity index (χ1) is 18.2. The maximum absolute atomic E-state index is 12.2. The van der Waals surface area contributed by atoms with Crippen molar-refractivity contribution in [2.24, 2.45) is 0 Å². The molecule has 0 rings (SSSR count). The van der Waals surface area contributed by atoms with Gasteiger partial charge in [0.15, 0.2) is 12.1 Å². The maximum Gasteiger partial charge on any atom is 0.362 e. The van der Waals surface area contributed by atoms with Crippen LogP contribution in [-0.2, 0) is 14.4 Å². The predicted octanol–water partition coefficient (Wildman–Crippen LogP) is 6.49. The third-order valence-corrected chi connectivity index (χ3v) is 8.05. The summed E-state index contributed by atoms with van der Waals surface area (Å²) >= 11 is 0. The molecule has 0 aliphatic heterocycles. The van der Waals surface area contributed by atoms with Gasteiger partial charge in [-0.05, 0) is 38.5 Å². The van der Waals surface area contributed by atoms with Crippen molar-refractivity contribution in [3.63, 3.8) is 0 Å². The van der Waals surface area contributed by atoms with Crippen LogP contribution in [0.4, 0.5) is 0 Å². The first-order valence-electron chi connectivity index (χ1n) is 15.4. The van der Waals surface area contributed by atoms with E-state index in [-0.39, 0.29) is 25.8 Å². The fourth-order valence-electron chi connectivity index (χ4n) is 6.07. The van der Waals surface area contributed by atoms with Crippen molar-refractivity contribution < 1.29 is 34.2 Å². The number of carbonyl (C=O) groups excluding carboxylic acids is 1. The van der Waals surface area contributed by atoms with Crippen LogP contribution in [0.15, 0.2) is 12.2 Å². The molecule has 0 amide bonds. The zero-order valence-corrected chi connectivity index (χ0v) is 24.8. The monoisotopic (exact) mass is 539 g/mol. The molecule has 0 aromatic carbocycles. The Bertz CT molecular complexity index is 622. The minimum atomic E-state index is -1.37. The fraction of sp³-hybridized carbons (Fsp3) is 0.839. The molecule has 222 valence electrons. The van der Waals surface area contributed by atoms with E-state index in [9.17, 15) is 29.7 Å². The number of allylic oxidation sites excluding steroid dienone is 2. The van der Waals surface area contributed by atoms with Crippen LogP contribution >= 0.6 is 0 Å². The summed E-state index contributed by atoms with van der Waals surface area (Å²) in [6.07, 6.45) is 22.4. The van der Waals surface area contributed by atoms with Crippen molar-refractivity contribution in [3.05, 3.63) is 12.2 Å². The highest BCUT2D eigenvalue weighted by atomic mass is 16.4. The van der Waals surface area contributed by atoms with E-state index >= 15 is 0 Å². The Morgan fingerprint density at radius 3 is 1.32 bits per heavy atom. The molecular formula is C31H57NO6. The van der Waals surface area contributed by atoms with Gasteiger partial charge < -0.3 is 20.1 Å². The third kappa shape index (κ3) is 12.8. The van der Waals surface area contributed by atoms with E-state index in [4.69, 9.17) is 0 Å². The fourth-order valence-corrected chi connectivity index (χ4v) is 6.07. The quantitative estimate of drug-likeness (QED) is 0.0738. The van der Waals surface area contributed by atoms with E-state index < -0.39 is 40.5 Å². The second-order valence-electron chi connectivity index (χ2n) is 10.8. The molecule has 7 heteroatoms. The lowest BCUT2D eigenvalue weighted by Gasteiger charge is -2.51. The van der Waals surface area contributed by atoms with Gasteiger partial charge in [-0.1, -0.05) is 97.6 Å². The Kier molecular flexibility index (Phi) is 20.9. The lowest BCUT2D eigenvalue weighted by molar-refractivity contribution is -0.974. The average Bonchev–Trinajstić information content (AvgIpc) is 2.86. The van der Waals surface area contributed by atoms with E-state index in [0.29, 0.717) is 6.42 Å². The molecule has 0 radical (unpaired) electrons. The molecule has 0 aliphatic carbocycles. The van der Waals surface area contributed by atoms with Gasteiger partial charge in [0.25, 0.3) is 0 Å². The molecule has 0 saturated carbocycles. The molecular weight excluding hydrogens is 482 g/mol. The van der Waals surface area contributed by atoms with Crippen LogP contribution in [0.2, 0.25) is 0 Å². The number of hydrogen-bond donors (Lipinski definition) is 2. The van der Waals surface area contributed by atoms with E-state index in [1.165, 1.54) is 51.4 Å². The number of unbranched alkanes of at least 4 members (excludes halogenated alkanes) is 13. The lowest BCUT2D eigenvalue weighted by atomic mass is 9.94. The number of aliphatic carboxylic acids is 3. The molecule has 0 heterocycles. The second-order valence-corrected chi connectivity index (χ2v) is 10.8. The predicted molar refractivity (Wildman–Crippen MR) is 152 cm³/mol. The first kappa shape index (κ1) is 36.1. The van der Waals surface area contributed by atoms with Crippen molar-refractivity contribution in [2.45, 2.75) is 161 Å². The molecule has 0 spiro atoms. The number of carbonyl (C=O) groups is 3. The number of hydrogen-bond acceptors (Lipinski definition) is 4. The smallest absolute Gasteiger partial charge is 0.362 e. The molecule has 38 heavy (non-hydrogen) atoms. The summed E-state index contributed by atoms with van der Waals surface area (Å²) in [5, 5.41) is 32.1. The Balaban J connectivity index is 4.71. The normalized spacial score (nSPS) is 15.7. The minimum Gasteiger partial charge on any atom is -0.544 e. The highest BCUT2D eigenvalue weighted by Gasteiger charge is 2.53. The van der Waals surface area contributed by atoms with Gasteiger partial charge in [-0.25, -0.2) is 9.59 Å². The molecule has 7 nitrogen and oxygen atoms in total. The summed E-state index contributed by atoms with van der Waals surface area (Å²) in [7, 11) is 0. The topological polar surface area (TPSA) is 115 Å². The first-order valence-corrected chi connectivity index (χ1v) is 15.4. The van der Waals surface area contributed by atoms with Crippen molar-refractivity contribution in [1.29, 1.82) is 0 Å². The van der Waals surface area contributed by atoms with E-state index in [2.05, 4.69) is 19.1 Å². The number of carboxylic acids is 3. The van der Waals surface area contributed by atoms with Gasteiger partial charge in [-0.2, -0.15) is 0 Å². The van der Waals surface area contributed by atoms with Gasteiger partial charge >= 0.3 is 11.9 Å². The molecule has 0 fully saturated rings. The standard InChI is InChI=1S/C31H57NO6/c1-5-9-10-11-12-13-14-15-16-17-18-19-20-21-22-23-24-25-32(26(6-2)29(33)34,27(7-3)30(35)36)28(8-4)31(37)38/h17-18,26-28H,5-16,19-25H2,1-4H3,(H2-,33,34,35,36,37,38)/b18-17+. The van der Waals surface area contributed by atoms with Crippen LogP contribution in [0.5, 0.6) is 0 Å². The summed E-state index contributed by atoms with van der Waals surface area (Å²) in [5.41, 5.74) is 0. The summed E-state index contributed by atoms with van der Waals surface area (Å²) in [5.74, 6) is -3.66. The van der Waals surface area contributed by atoms with Crippen molar-refractivity contribution in [2.75, 3.05) is 6.54 Å². The van der Waals surface area contributed by atoms with Crippen molar-refractivity contribution >= 4 is 17.9 Å². The van der Waals surface area contributed by atoms with Crippen LogP contribution in [0.1, 0.15) is 143 Å². The number of rotatable bonds is 26. The van der Waals surface area contributed by atoms with Gasteiger partial charge in [0.05, 0.1) is 12.5 Å². The summed E-state index contributed by atoms with van der Waals surface area (Å²) in [6, 6.07) is -3.39. The highest BCUT2D eigenvalue weighted by Crippen LogP contribution is 2.32. The zero-order chi connectivity index (χ0) is 28.8. The zero-order valence-electron chi connectivity index (χ0n) is 24.8. The highest BCUT2D eigenvalue weighted by molar-refractivity contribution is 5.77. The molecule has 0 saturated heterocycles. The van der Waals surface area contributed by atoms with Gasteiger partial charge in [-0.15, -0.1) is 0 Å². The summed E-state index contributed by atoms with van der Waals surface area (Å²) in [6.45, 7) is 7.49. The largest absolute Gasteiger partial charge is 0.544 e. The molecule has 0 aromatic heterocycles. The van der Waals surface area contributed by atoms with Gasteiger partial charge in [0.1, 0.15) is 6.04 Å². The summed E-state index contributed by atoms with van der Waals surface area (Å²) < 4.78 is -0.474. The molecule has 2 N–H and O–H groups in total. The van der Waals surface area contributed by atoms with E-state index in [1.54, 1.807) is 20.8 Å². The Morgan fingerprint density at radius 2 is 0.974 bits per heavy atom. The second kappa shape index (κ2) is 22.0. The van der Waals surface area contributed by atoms with Crippen molar-refractivity contribution in [3.8, 4) is 0 Å². The molecule has 3 unspecified atom stereocenters. The minimum absolute atomic E-state index is 0.126. The van der Waals surface area contributed by atoms with Gasteiger partial charge in [0.2, 0.25) is 0 Å². The third-order valence-electron chi connectivity index (χ3n) is 8.05. The Morgan fingerprint density at radius 1 is 0.605 bits per heavy atom. The Labute approximate surface area is 232 Å². The van der Waals surface area contributed by atoms with Crippen LogP contribution in [0, 0.1) is 0 Å². The Hall–Kier alpha value is -1.89. The number of quaternary nitrogens is 1. The number of carboxylic acid groups (broad SMARTS) is 3. The number of nitrogens with zero attached hydrogens (tertiary/aromatic N) is 1. The average molecular weight is 540 g/mol. The van der Waals surface area contributed by atoms with Gasteiger partial charge in [-0.3, -0.25) is 4.48 Å². The SMILES string of the molecule is CCCCCCCCCC/C=C/CCCCCCC[N+](C(CC)C(=O)[O-])(C(CC)C(=O)O)C(CC)C(=O)O. The summed E-state index contributed by atoms with van der Waals surface area (Å²) in [4.78, 5) is 36.6. The lowest BCUT2D eigenvalue weighted by Crippen LogP contribution is -2.73. The molecule has 0 aliphatic rings. The van der Waals surface area contributed by atoms with Crippen LogP contribution in [0.25, 0.3) is 0 Å². The van der Waals surface area contributed by atoms with Crippen LogP contribution in [-0.4, -0.2) is 57.3 Å². The molecule has 0 aromatic rings. The molecule has 3 atom stereocenters. The van der Waals surface area contributed by atoms with E-state index in [1.807, 2.05) is 0 Å². The van der Waals surface area contributed by atoms with E-state index in [0.717, 1.165) is 38.5 Å². The van der Waals surface area contributed by atoms with Crippen LogP contribution in [0.3, 0.4) is 0 Å². The van der Waals surface area contributed by atoms with Gasteiger partial charge in [0, 0.05) is 19.3 Å². The molecule has 0 bridgehead atoms. The maximum atomic E-state index is 12.2. The van der Waals surface area contributed by atoms with Crippen LogP contribution < -0.4 is 5.11 Å². The van der Waals surface area contributed by atoms with Crippen molar-refractivity contribution in [1.82, 2.24) is 0 Å².